The number of rotatable bonds is 4. The largest absolute Gasteiger partial charge is 0.378 e. The van der Waals surface area contributed by atoms with Gasteiger partial charge in [-0.3, -0.25) is 14.2 Å². The standard InChI is InChI=1S/C29H26N6O3/c1-18-23(26-30-16-9-17-34(26)33-18)27(36)31-19(2)25-32-22-13-8-10-20(14-15-29(3,4)38)24(22)28(37)35(25)21-11-6-5-7-12-21/h5-13,16-17,19,38H,1-4H3,(H,31,36). The summed E-state index contributed by atoms with van der Waals surface area (Å²) in [6, 6.07) is 15.4. The van der Waals surface area contributed by atoms with Gasteiger partial charge in [-0.25, -0.2) is 14.5 Å². The molecule has 0 bridgehead atoms. The highest BCUT2D eigenvalue weighted by Crippen LogP contribution is 2.21. The molecule has 0 aliphatic carbocycles. The second-order valence-corrected chi connectivity index (χ2v) is 9.50. The van der Waals surface area contributed by atoms with Crippen molar-refractivity contribution in [3.8, 4) is 17.5 Å². The first-order chi connectivity index (χ1) is 18.1. The molecule has 0 radical (unpaired) electrons. The summed E-state index contributed by atoms with van der Waals surface area (Å²) >= 11 is 0. The van der Waals surface area contributed by atoms with Crippen molar-refractivity contribution in [2.75, 3.05) is 0 Å². The van der Waals surface area contributed by atoms with Gasteiger partial charge in [-0.2, -0.15) is 5.10 Å². The van der Waals surface area contributed by atoms with Crippen molar-refractivity contribution >= 4 is 22.5 Å². The Bertz CT molecular complexity index is 1800. The third kappa shape index (κ3) is 4.65. The van der Waals surface area contributed by atoms with E-state index in [1.54, 1.807) is 81.0 Å². The molecule has 3 aromatic heterocycles. The Labute approximate surface area is 218 Å². The molecule has 5 aromatic rings. The molecule has 0 aliphatic rings. The average molecular weight is 507 g/mol. The lowest BCUT2D eigenvalue weighted by molar-refractivity contribution is 0.0938. The first kappa shape index (κ1) is 24.9. The van der Waals surface area contributed by atoms with Crippen molar-refractivity contribution < 1.29 is 9.90 Å². The van der Waals surface area contributed by atoms with Crippen molar-refractivity contribution in [2.24, 2.45) is 0 Å². The highest BCUT2D eigenvalue weighted by atomic mass is 16.3. The Morgan fingerprint density at radius 2 is 1.87 bits per heavy atom. The second-order valence-electron chi connectivity index (χ2n) is 9.50. The van der Waals surface area contributed by atoms with Crippen LogP contribution in [-0.4, -0.2) is 40.8 Å². The maximum Gasteiger partial charge on any atom is 0.267 e. The van der Waals surface area contributed by atoms with Gasteiger partial charge in [-0.15, -0.1) is 0 Å². The number of amides is 1. The highest BCUT2D eigenvalue weighted by molar-refractivity contribution is 6.01. The molecular formula is C29H26N6O3. The molecule has 0 saturated carbocycles. The van der Waals surface area contributed by atoms with Crippen LogP contribution < -0.4 is 10.9 Å². The summed E-state index contributed by atoms with van der Waals surface area (Å²) in [5, 5.41) is 17.8. The van der Waals surface area contributed by atoms with Crippen LogP contribution >= 0.6 is 0 Å². The molecule has 190 valence electrons. The Balaban J connectivity index is 1.66. The number of aliphatic hydroxyl groups is 1. The van der Waals surface area contributed by atoms with E-state index in [1.165, 1.54) is 4.57 Å². The van der Waals surface area contributed by atoms with Crippen molar-refractivity contribution in [1.82, 2.24) is 29.5 Å². The molecule has 9 heteroatoms. The Kier molecular flexibility index (Phi) is 6.27. The number of fused-ring (bicyclic) bond motifs is 2. The maximum atomic E-state index is 14.0. The van der Waals surface area contributed by atoms with Crippen molar-refractivity contribution in [3.63, 3.8) is 0 Å². The lowest BCUT2D eigenvalue weighted by Crippen LogP contribution is -2.33. The summed E-state index contributed by atoms with van der Waals surface area (Å²) in [5.41, 5.74) is 1.28. The van der Waals surface area contributed by atoms with Gasteiger partial charge >= 0.3 is 0 Å². The summed E-state index contributed by atoms with van der Waals surface area (Å²) in [6.45, 7) is 6.68. The summed E-state index contributed by atoms with van der Waals surface area (Å²) < 4.78 is 3.04. The van der Waals surface area contributed by atoms with Gasteiger partial charge < -0.3 is 10.4 Å². The molecule has 3 heterocycles. The topological polar surface area (TPSA) is 114 Å². The monoisotopic (exact) mass is 506 g/mol. The highest BCUT2D eigenvalue weighted by Gasteiger charge is 2.24. The summed E-state index contributed by atoms with van der Waals surface area (Å²) in [7, 11) is 0. The van der Waals surface area contributed by atoms with Crippen LogP contribution in [0.15, 0.2) is 71.8 Å². The molecule has 38 heavy (non-hydrogen) atoms. The SMILES string of the molecule is Cc1nn2cccnc2c1C(=O)NC(C)c1nc2cccc(C#CC(C)(C)O)c2c(=O)n1-c1ccccc1. The first-order valence-corrected chi connectivity index (χ1v) is 12.1. The van der Waals surface area contributed by atoms with E-state index < -0.39 is 11.6 Å². The van der Waals surface area contributed by atoms with Gasteiger partial charge in [0.25, 0.3) is 11.5 Å². The third-order valence-electron chi connectivity index (χ3n) is 5.97. The Morgan fingerprint density at radius 1 is 1.11 bits per heavy atom. The molecule has 0 aliphatic heterocycles. The number of nitrogens with zero attached hydrogens (tertiary/aromatic N) is 5. The molecule has 9 nitrogen and oxygen atoms in total. The number of para-hydroxylation sites is 1. The quantitative estimate of drug-likeness (QED) is 0.362. The van der Waals surface area contributed by atoms with Crippen molar-refractivity contribution in [3.05, 3.63) is 100.0 Å². The Morgan fingerprint density at radius 3 is 2.61 bits per heavy atom. The van der Waals surface area contributed by atoms with Gasteiger partial charge in [0.15, 0.2) is 5.65 Å². The van der Waals surface area contributed by atoms with Gasteiger partial charge in [0.05, 0.1) is 28.3 Å². The number of nitrogens with one attached hydrogen (secondary N) is 1. The molecule has 2 aromatic carbocycles. The van der Waals surface area contributed by atoms with E-state index in [0.29, 0.717) is 44.9 Å². The smallest absolute Gasteiger partial charge is 0.267 e. The zero-order valence-electron chi connectivity index (χ0n) is 21.4. The van der Waals surface area contributed by atoms with Crippen LogP contribution in [0.3, 0.4) is 0 Å². The second kappa shape index (κ2) is 9.57. The van der Waals surface area contributed by atoms with Gasteiger partial charge in [0.1, 0.15) is 17.0 Å². The third-order valence-corrected chi connectivity index (χ3v) is 5.97. The van der Waals surface area contributed by atoms with E-state index in [4.69, 9.17) is 4.98 Å². The minimum Gasteiger partial charge on any atom is -0.378 e. The molecule has 0 spiro atoms. The molecule has 0 fully saturated rings. The van der Waals surface area contributed by atoms with Crippen LogP contribution in [0.2, 0.25) is 0 Å². The number of carbonyl (C=O) groups is 1. The average Bonchev–Trinajstić information content (AvgIpc) is 3.23. The van der Waals surface area contributed by atoms with Crippen LogP contribution in [0, 0.1) is 18.8 Å². The number of hydrogen-bond donors (Lipinski definition) is 2. The molecule has 0 saturated heterocycles. The predicted octanol–water partition coefficient (Wildman–Crippen LogP) is 3.35. The molecule has 1 amide bonds. The number of benzene rings is 2. The fourth-order valence-corrected chi connectivity index (χ4v) is 4.28. The summed E-state index contributed by atoms with van der Waals surface area (Å²) in [6.07, 6.45) is 3.33. The van der Waals surface area contributed by atoms with Crippen LogP contribution in [0.5, 0.6) is 0 Å². The van der Waals surface area contributed by atoms with Gasteiger partial charge in [0.2, 0.25) is 0 Å². The molecular weight excluding hydrogens is 480 g/mol. The minimum absolute atomic E-state index is 0.327. The first-order valence-electron chi connectivity index (χ1n) is 12.1. The fourth-order valence-electron chi connectivity index (χ4n) is 4.28. The fraction of sp³-hybridized carbons (Fsp3) is 0.207. The number of carbonyl (C=O) groups excluding carboxylic acids is 1. The van der Waals surface area contributed by atoms with E-state index in [2.05, 4.69) is 27.2 Å². The summed E-state index contributed by atoms with van der Waals surface area (Å²) in [4.78, 5) is 36.5. The maximum absolute atomic E-state index is 14.0. The molecule has 2 N–H and O–H groups in total. The van der Waals surface area contributed by atoms with Crippen molar-refractivity contribution in [1.29, 1.82) is 0 Å². The van der Waals surface area contributed by atoms with Crippen LogP contribution in [0.25, 0.3) is 22.2 Å². The predicted molar refractivity (Wildman–Crippen MR) is 144 cm³/mol. The van der Waals surface area contributed by atoms with Gasteiger partial charge in [-0.05, 0) is 58.0 Å². The van der Waals surface area contributed by atoms with Crippen LogP contribution in [-0.2, 0) is 0 Å². The Hall–Kier alpha value is -4.81. The van der Waals surface area contributed by atoms with Crippen molar-refractivity contribution in [2.45, 2.75) is 39.3 Å². The lowest BCUT2D eigenvalue weighted by atomic mass is 10.1. The van der Waals surface area contributed by atoms with E-state index in [-0.39, 0.29) is 11.5 Å². The lowest BCUT2D eigenvalue weighted by Gasteiger charge is -2.20. The number of aryl methyl sites for hydroxylation is 1. The van der Waals surface area contributed by atoms with Gasteiger partial charge in [-0.1, -0.05) is 36.1 Å². The minimum atomic E-state index is -1.22. The molecule has 5 rings (SSSR count). The zero-order valence-corrected chi connectivity index (χ0v) is 21.4. The number of hydrogen-bond acceptors (Lipinski definition) is 6. The summed E-state index contributed by atoms with van der Waals surface area (Å²) in [5.74, 6) is 5.69. The van der Waals surface area contributed by atoms with Gasteiger partial charge in [0, 0.05) is 18.0 Å². The molecule has 1 atom stereocenters. The number of aromatic nitrogens is 5. The van der Waals surface area contributed by atoms with E-state index in [0.717, 1.165) is 0 Å². The normalized spacial score (nSPS) is 12.2. The van der Waals surface area contributed by atoms with Crippen LogP contribution in [0.4, 0.5) is 0 Å². The molecule has 1 unspecified atom stereocenters. The van der Waals surface area contributed by atoms with E-state index in [9.17, 15) is 14.7 Å². The zero-order chi connectivity index (χ0) is 27.0. The van der Waals surface area contributed by atoms with Crippen LogP contribution in [0.1, 0.15) is 54.3 Å². The van der Waals surface area contributed by atoms with E-state index >= 15 is 0 Å². The van der Waals surface area contributed by atoms with E-state index in [1.807, 2.05) is 18.2 Å².